The summed E-state index contributed by atoms with van der Waals surface area (Å²) in [5, 5.41) is 0. The van der Waals surface area contributed by atoms with Crippen LogP contribution in [0.15, 0.2) is 12.2 Å². The Kier molecular flexibility index (Phi) is 46.8. The lowest BCUT2D eigenvalue weighted by Gasteiger charge is -2.09. The van der Waals surface area contributed by atoms with Gasteiger partial charge in [-0.25, -0.2) is 4.79 Å². The van der Waals surface area contributed by atoms with Crippen LogP contribution in [0, 0.1) is 0 Å². The molecule has 0 aliphatic heterocycles. The number of hydrogen-bond donors (Lipinski definition) is 0. The third kappa shape index (κ3) is 46.9. The summed E-state index contributed by atoms with van der Waals surface area (Å²) in [4.78, 5) is 11.2. The standard InChI is InChI=1S/C40H78O14/c1-4-5-6-7-8-9-10-11-12-13-14-42-15-16-43-17-18-44-19-20-45-21-22-46-23-24-47-25-26-48-27-28-49-29-30-50-31-32-51-33-34-52-35-36-53-37-38-54-40(41)39(2)3/h2,4-38H2,1,3H3. The van der Waals surface area contributed by atoms with Gasteiger partial charge in [0.25, 0.3) is 0 Å². The molecule has 0 atom stereocenters. The Morgan fingerprint density at radius 1 is 0.315 bits per heavy atom. The van der Waals surface area contributed by atoms with E-state index in [4.69, 9.17) is 61.6 Å². The van der Waals surface area contributed by atoms with Crippen molar-refractivity contribution in [1.29, 1.82) is 0 Å². The molecule has 0 bridgehead atoms. The van der Waals surface area contributed by atoms with Crippen molar-refractivity contribution < 1.29 is 66.4 Å². The molecule has 0 saturated heterocycles. The van der Waals surface area contributed by atoms with Gasteiger partial charge in [-0.2, -0.15) is 0 Å². The third-order valence-electron chi connectivity index (χ3n) is 7.54. The van der Waals surface area contributed by atoms with Crippen LogP contribution >= 0.6 is 0 Å². The van der Waals surface area contributed by atoms with Crippen LogP contribution in [0.25, 0.3) is 0 Å². The smallest absolute Gasteiger partial charge is 0.333 e. The molecule has 0 aromatic carbocycles. The van der Waals surface area contributed by atoms with Gasteiger partial charge in [-0.3, -0.25) is 0 Å². The van der Waals surface area contributed by atoms with Crippen LogP contribution in [0.3, 0.4) is 0 Å². The Bertz CT molecular complexity index is 745. The van der Waals surface area contributed by atoms with Crippen molar-refractivity contribution in [2.45, 2.75) is 78.1 Å². The molecule has 0 heterocycles. The summed E-state index contributed by atoms with van der Waals surface area (Å²) in [6.45, 7) is 20.0. The van der Waals surface area contributed by atoms with Crippen LogP contribution in [-0.2, 0) is 66.4 Å². The number of carbonyl (C=O) groups is 1. The minimum Gasteiger partial charge on any atom is -0.460 e. The number of hydrogen-bond acceptors (Lipinski definition) is 14. The Morgan fingerprint density at radius 2 is 0.519 bits per heavy atom. The van der Waals surface area contributed by atoms with Gasteiger partial charge in [0.1, 0.15) is 6.61 Å². The monoisotopic (exact) mass is 783 g/mol. The van der Waals surface area contributed by atoms with E-state index in [0.717, 1.165) is 13.0 Å². The van der Waals surface area contributed by atoms with E-state index in [1.54, 1.807) is 6.92 Å². The van der Waals surface area contributed by atoms with Crippen molar-refractivity contribution in [2.75, 3.05) is 165 Å². The lowest BCUT2D eigenvalue weighted by molar-refractivity contribution is -0.140. The molecule has 0 rings (SSSR count). The average molecular weight is 783 g/mol. The van der Waals surface area contributed by atoms with Crippen LogP contribution in [0.4, 0.5) is 0 Å². The topological polar surface area (TPSA) is 137 Å². The zero-order valence-electron chi connectivity index (χ0n) is 34.2. The van der Waals surface area contributed by atoms with Crippen molar-refractivity contribution in [3.63, 3.8) is 0 Å². The molecule has 0 N–H and O–H groups in total. The highest BCUT2D eigenvalue weighted by Crippen LogP contribution is 2.10. The van der Waals surface area contributed by atoms with E-state index >= 15 is 0 Å². The molecule has 0 aromatic rings. The number of carbonyl (C=O) groups excluding carboxylic acids is 1. The summed E-state index contributed by atoms with van der Waals surface area (Å²) in [7, 11) is 0. The van der Waals surface area contributed by atoms with Crippen molar-refractivity contribution in [3.05, 3.63) is 12.2 Å². The quantitative estimate of drug-likeness (QED) is 0.0453. The van der Waals surface area contributed by atoms with Gasteiger partial charge >= 0.3 is 5.97 Å². The lowest BCUT2D eigenvalue weighted by Crippen LogP contribution is -2.16. The van der Waals surface area contributed by atoms with Gasteiger partial charge < -0.3 is 61.6 Å². The molecule has 14 nitrogen and oxygen atoms in total. The van der Waals surface area contributed by atoms with E-state index in [0.29, 0.717) is 158 Å². The maximum Gasteiger partial charge on any atom is 0.333 e. The Hall–Kier alpha value is -1.27. The molecule has 0 fully saturated rings. The molecule has 0 amide bonds. The highest BCUT2D eigenvalue weighted by molar-refractivity contribution is 5.86. The highest BCUT2D eigenvalue weighted by Gasteiger charge is 2.02. The van der Waals surface area contributed by atoms with Gasteiger partial charge in [0.05, 0.1) is 152 Å². The number of ether oxygens (including phenoxy) is 13. The molecular weight excluding hydrogens is 704 g/mol. The van der Waals surface area contributed by atoms with E-state index in [1.165, 1.54) is 57.8 Å². The van der Waals surface area contributed by atoms with Crippen LogP contribution in [-0.4, -0.2) is 171 Å². The van der Waals surface area contributed by atoms with E-state index in [2.05, 4.69) is 13.5 Å². The first-order valence-corrected chi connectivity index (χ1v) is 20.4. The molecule has 0 aliphatic carbocycles. The first-order chi connectivity index (χ1) is 26.7. The average Bonchev–Trinajstić information content (AvgIpc) is 3.17. The van der Waals surface area contributed by atoms with Gasteiger partial charge in [0.15, 0.2) is 0 Å². The first kappa shape index (κ1) is 52.7. The molecule has 0 aliphatic rings. The predicted molar refractivity (Wildman–Crippen MR) is 207 cm³/mol. The Morgan fingerprint density at radius 3 is 0.759 bits per heavy atom. The molecule has 0 spiro atoms. The first-order valence-electron chi connectivity index (χ1n) is 20.4. The van der Waals surface area contributed by atoms with Gasteiger partial charge in [-0.1, -0.05) is 71.3 Å². The summed E-state index contributed by atoms with van der Waals surface area (Å²) >= 11 is 0. The minimum absolute atomic E-state index is 0.199. The van der Waals surface area contributed by atoms with Crippen molar-refractivity contribution in [3.8, 4) is 0 Å². The molecule has 322 valence electrons. The fraction of sp³-hybridized carbons (Fsp3) is 0.925. The Balaban J connectivity index is 3.07. The second-order valence-electron chi connectivity index (χ2n) is 12.4. The van der Waals surface area contributed by atoms with Crippen LogP contribution in [0.5, 0.6) is 0 Å². The number of rotatable bonds is 48. The summed E-state index contributed by atoms with van der Waals surface area (Å²) in [6.07, 6.45) is 13.4. The van der Waals surface area contributed by atoms with Crippen molar-refractivity contribution in [2.24, 2.45) is 0 Å². The Labute approximate surface area is 327 Å². The zero-order chi connectivity index (χ0) is 39.1. The van der Waals surface area contributed by atoms with E-state index in [-0.39, 0.29) is 6.61 Å². The summed E-state index contributed by atoms with van der Waals surface area (Å²) < 4.78 is 70.8. The maximum absolute atomic E-state index is 11.2. The molecule has 0 aromatic heterocycles. The molecule has 0 saturated carbocycles. The van der Waals surface area contributed by atoms with Gasteiger partial charge in [-0.05, 0) is 13.3 Å². The molecule has 0 radical (unpaired) electrons. The molecular formula is C40H78O14. The largest absolute Gasteiger partial charge is 0.460 e. The van der Waals surface area contributed by atoms with Crippen LogP contribution < -0.4 is 0 Å². The van der Waals surface area contributed by atoms with Gasteiger partial charge in [0, 0.05) is 12.2 Å². The summed E-state index contributed by atoms with van der Waals surface area (Å²) in [5.74, 6) is -0.412. The zero-order valence-corrected chi connectivity index (χ0v) is 34.2. The second kappa shape index (κ2) is 47.9. The second-order valence-corrected chi connectivity index (χ2v) is 12.4. The van der Waals surface area contributed by atoms with E-state index < -0.39 is 5.97 Å². The van der Waals surface area contributed by atoms with Crippen LogP contribution in [0.1, 0.15) is 78.1 Å². The van der Waals surface area contributed by atoms with Crippen molar-refractivity contribution in [1.82, 2.24) is 0 Å². The minimum atomic E-state index is -0.412. The normalized spacial score (nSPS) is 11.4. The summed E-state index contributed by atoms with van der Waals surface area (Å²) in [5.41, 5.74) is 0.371. The molecule has 0 unspecified atom stereocenters. The highest BCUT2D eigenvalue weighted by atomic mass is 16.6. The van der Waals surface area contributed by atoms with Gasteiger partial charge in [0.2, 0.25) is 0 Å². The van der Waals surface area contributed by atoms with Crippen molar-refractivity contribution >= 4 is 5.97 Å². The van der Waals surface area contributed by atoms with Crippen LogP contribution in [0.2, 0.25) is 0 Å². The third-order valence-corrected chi connectivity index (χ3v) is 7.54. The summed E-state index contributed by atoms with van der Waals surface area (Å²) in [6, 6.07) is 0. The van der Waals surface area contributed by atoms with E-state index in [1.807, 2.05) is 0 Å². The maximum atomic E-state index is 11.2. The van der Waals surface area contributed by atoms with E-state index in [9.17, 15) is 4.79 Å². The van der Waals surface area contributed by atoms with Gasteiger partial charge in [-0.15, -0.1) is 0 Å². The fourth-order valence-electron chi connectivity index (χ4n) is 4.53. The number of unbranched alkanes of at least 4 members (excludes halogenated alkanes) is 9. The number of esters is 1. The fourth-order valence-corrected chi connectivity index (χ4v) is 4.53. The molecule has 14 heteroatoms. The lowest BCUT2D eigenvalue weighted by atomic mass is 10.1. The molecule has 54 heavy (non-hydrogen) atoms. The predicted octanol–water partition coefficient (Wildman–Crippen LogP) is 5.23. The SMILES string of the molecule is C=C(C)C(=O)OCCOCCOCCOCCOCCOCCOCCOCCOCCOCCOCCOCCOCCCCCCCCCCCC.